The number of nitrogens with one attached hydrogen (secondary N) is 2. The van der Waals surface area contributed by atoms with Crippen LogP contribution >= 0.6 is 0 Å². The van der Waals surface area contributed by atoms with Crippen molar-refractivity contribution < 1.29 is 38.1 Å². The van der Waals surface area contributed by atoms with E-state index < -0.39 is 17.9 Å². The highest BCUT2D eigenvalue weighted by Gasteiger charge is 2.28. The van der Waals surface area contributed by atoms with E-state index in [1.54, 1.807) is 6.07 Å². The van der Waals surface area contributed by atoms with Gasteiger partial charge in [-0.1, -0.05) is 19.8 Å². The largest absolute Gasteiger partial charge is 0.492 e. The standard InChI is InChI=1S/C28H45N3O8/c1-4-5-6-14-36-17-19-38-20-18-37-15-11-30-12-16-39-24-10-9-23(22-33)25(21-24)28(35)31(3)26(8-7-13-32)27(34)29-2/h9-10,13,21-22,26,30H,4-8,11-12,14-20H2,1-3H3,(H,29,34). The van der Waals surface area contributed by atoms with E-state index in [1.807, 2.05) is 0 Å². The summed E-state index contributed by atoms with van der Waals surface area (Å²) in [6.45, 7) is 7.23. The summed E-state index contributed by atoms with van der Waals surface area (Å²) in [6, 6.07) is 3.76. The minimum atomic E-state index is -0.843. The Morgan fingerprint density at radius 1 is 0.949 bits per heavy atom. The van der Waals surface area contributed by atoms with Gasteiger partial charge in [-0.05, 0) is 31.0 Å². The van der Waals surface area contributed by atoms with Gasteiger partial charge in [-0.2, -0.15) is 0 Å². The van der Waals surface area contributed by atoms with Crippen molar-refractivity contribution in [2.45, 2.75) is 45.1 Å². The number of carbonyl (C=O) groups is 4. The van der Waals surface area contributed by atoms with Crippen LogP contribution in [0, 0.1) is 0 Å². The first-order valence-corrected chi connectivity index (χ1v) is 13.6. The molecule has 0 saturated carbocycles. The van der Waals surface area contributed by atoms with E-state index in [2.05, 4.69) is 17.6 Å². The van der Waals surface area contributed by atoms with E-state index >= 15 is 0 Å². The van der Waals surface area contributed by atoms with Crippen molar-refractivity contribution in [1.82, 2.24) is 15.5 Å². The molecule has 0 bridgehead atoms. The van der Waals surface area contributed by atoms with Crippen LogP contribution in [-0.4, -0.2) is 109 Å². The Morgan fingerprint density at radius 2 is 1.62 bits per heavy atom. The fourth-order valence-corrected chi connectivity index (χ4v) is 3.64. The first-order valence-electron chi connectivity index (χ1n) is 13.6. The lowest BCUT2D eigenvalue weighted by Gasteiger charge is -2.27. The Kier molecular flexibility index (Phi) is 19.3. The van der Waals surface area contributed by atoms with Gasteiger partial charge in [0.2, 0.25) is 5.91 Å². The minimum absolute atomic E-state index is 0.122. The maximum Gasteiger partial charge on any atom is 0.255 e. The van der Waals surface area contributed by atoms with E-state index in [0.717, 1.165) is 13.0 Å². The van der Waals surface area contributed by atoms with E-state index in [1.165, 1.54) is 44.0 Å². The highest BCUT2D eigenvalue weighted by molar-refractivity contribution is 6.03. The van der Waals surface area contributed by atoms with Gasteiger partial charge in [0.05, 0.1) is 38.6 Å². The fraction of sp³-hybridized carbons (Fsp3) is 0.643. The van der Waals surface area contributed by atoms with Crippen LogP contribution in [0.2, 0.25) is 0 Å². The van der Waals surface area contributed by atoms with Crippen LogP contribution in [-0.2, 0) is 23.8 Å². The lowest BCUT2D eigenvalue weighted by molar-refractivity contribution is -0.125. The summed E-state index contributed by atoms with van der Waals surface area (Å²) < 4.78 is 22.2. The van der Waals surface area contributed by atoms with E-state index in [0.29, 0.717) is 71.1 Å². The number of hydrogen-bond acceptors (Lipinski definition) is 9. The van der Waals surface area contributed by atoms with E-state index in [4.69, 9.17) is 18.9 Å². The van der Waals surface area contributed by atoms with Gasteiger partial charge in [0, 0.05) is 45.8 Å². The summed E-state index contributed by atoms with van der Waals surface area (Å²) in [7, 11) is 2.93. The summed E-state index contributed by atoms with van der Waals surface area (Å²) in [4.78, 5) is 49.0. The summed E-state index contributed by atoms with van der Waals surface area (Å²) in [5, 5.41) is 5.71. The number of rotatable bonds is 24. The SMILES string of the molecule is CCCCCOCCOCCOCCNCCOc1ccc(C=O)c(C(=O)N(C)C(CCC=O)C(=O)NC)c1. The topological polar surface area (TPSA) is 132 Å². The summed E-state index contributed by atoms with van der Waals surface area (Å²) >= 11 is 0. The molecule has 0 aromatic heterocycles. The van der Waals surface area contributed by atoms with Crippen molar-refractivity contribution in [2.24, 2.45) is 0 Å². The second-order valence-electron chi connectivity index (χ2n) is 8.80. The van der Waals surface area contributed by atoms with Gasteiger partial charge in [0.1, 0.15) is 24.7 Å². The molecular weight excluding hydrogens is 506 g/mol. The summed E-state index contributed by atoms with van der Waals surface area (Å²) in [6.07, 6.45) is 5.05. The molecule has 1 rings (SSSR count). The smallest absolute Gasteiger partial charge is 0.255 e. The predicted molar refractivity (Wildman–Crippen MR) is 147 cm³/mol. The van der Waals surface area contributed by atoms with Crippen molar-refractivity contribution in [1.29, 1.82) is 0 Å². The first kappa shape index (κ1) is 34.2. The number of likely N-dealkylation sites (N-methyl/N-ethyl adjacent to an activating group) is 2. The molecule has 0 heterocycles. The Labute approximate surface area is 231 Å². The Balaban J connectivity index is 2.35. The molecule has 0 spiro atoms. The molecule has 1 unspecified atom stereocenters. The van der Waals surface area contributed by atoms with Crippen LogP contribution in [0.25, 0.3) is 0 Å². The van der Waals surface area contributed by atoms with Gasteiger partial charge in [-0.25, -0.2) is 0 Å². The zero-order valence-electron chi connectivity index (χ0n) is 23.6. The normalized spacial score (nSPS) is 11.6. The van der Waals surface area contributed by atoms with Gasteiger partial charge in [0.25, 0.3) is 5.91 Å². The van der Waals surface area contributed by atoms with Crippen molar-refractivity contribution in [3.05, 3.63) is 29.3 Å². The van der Waals surface area contributed by atoms with E-state index in [-0.39, 0.29) is 24.0 Å². The van der Waals surface area contributed by atoms with Crippen LogP contribution in [0.1, 0.15) is 59.7 Å². The molecule has 2 amide bonds. The lowest BCUT2D eigenvalue weighted by atomic mass is 10.0. The second-order valence-corrected chi connectivity index (χ2v) is 8.80. The average molecular weight is 552 g/mol. The summed E-state index contributed by atoms with van der Waals surface area (Å²) in [5.74, 6) is -0.481. The average Bonchev–Trinajstić information content (AvgIpc) is 2.96. The third-order valence-corrected chi connectivity index (χ3v) is 5.88. The monoisotopic (exact) mass is 551 g/mol. The third-order valence-electron chi connectivity index (χ3n) is 5.88. The number of aldehydes is 2. The second kappa shape index (κ2) is 22.0. The maximum absolute atomic E-state index is 13.1. The molecule has 220 valence electrons. The Morgan fingerprint density at radius 3 is 2.26 bits per heavy atom. The van der Waals surface area contributed by atoms with Crippen molar-refractivity contribution in [3.8, 4) is 5.75 Å². The quantitative estimate of drug-likeness (QED) is 0.146. The molecule has 1 aromatic rings. The van der Waals surface area contributed by atoms with Gasteiger partial charge < -0.3 is 39.3 Å². The molecule has 39 heavy (non-hydrogen) atoms. The highest BCUT2D eigenvalue weighted by Crippen LogP contribution is 2.20. The van der Waals surface area contributed by atoms with Crippen LogP contribution in [0.3, 0.4) is 0 Å². The molecule has 11 nitrogen and oxygen atoms in total. The zero-order valence-corrected chi connectivity index (χ0v) is 23.6. The third kappa shape index (κ3) is 14.2. The van der Waals surface area contributed by atoms with Crippen LogP contribution in [0.15, 0.2) is 18.2 Å². The van der Waals surface area contributed by atoms with Gasteiger partial charge in [-0.3, -0.25) is 14.4 Å². The molecular formula is C28H45N3O8. The molecule has 2 N–H and O–H groups in total. The maximum atomic E-state index is 13.1. The van der Waals surface area contributed by atoms with Gasteiger partial charge >= 0.3 is 0 Å². The Hall–Kier alpha value is -2.86. The molecule has 1 aromatic carbocycles. The van der Waals surface area contributed by atoms with Crippen LogP contribution in [0.4, 0.5) is 0 Å². The van der Waals surface area contributed by atoms with Gasteiger partial charge in [-0.15, -0.1) is 0 Å². The van der Waals surface area contributed by atoms with Crippen molar-refractivity contribution >= 4 is 24.4 Å². The van der Waals surface area contributed by atoms with E-state index in [9.17, 15) is 19.2 Å². The molecule has 1 atom stereocenters. The minimum Gasteiger partial charge on any atom is -0.492 e. The van der Waals surface area contributed by atoms with Gasteiger partial charge in [0.15, 0.2) is 6.29 Å². The zero-order chi connectivity index (χ0) is 28.7. The number of benzene rings is 1. The highest BCUT2D eigenvalue weighted by atomic mass is 16.5. The number of amides is 2. The van der Waals surface area contributed by atoms with Crippen LogP contribution in [0.5, 0.6) is 5.75 Å². The number of ether oxygens (including phenoxy) is 4. The van der Waals surface area contributed by atoms with Crippen molar-refractivity contribution in [2.75, 3.05) is 73.4 Å². The molecule has 0 fully saturated rings. The molecule has 11 heteroatoms. The molecule has 0 aliphatic carbocycles. The first-order chi connectivity index (χ1) is 19.0. The summed E-state index contributed by atoms with van der Waals surface area (Å²) in [5.41, 5.74) is 0.306. The Bertz CT molecular complexity index is 852. The molecule has 0 radical (unpaired) electrons. The predicted octanol–water partition coefficient (Wildman–Crippen LogP) is 1.87. The number of carbonyl (C=O) groups excluding carboxylic acids is 4. The lowest BCUT2D eigenvalue weighted by Crippen LogP contribution is -2.47. The number of hydrogen-bond donors (Lipinski definition) is 2. The van der Waals surface area contributed by atoms with Crippen LogP contribution < -0.4 is 15.4 Å². The fourth-order valence-electron chi connectivity index (χ4n) is 3.64. The molecule has 0 aliphatic rings. The number of nitrogens with zero attached hydrogens (tertiary/aromatic N) is 1. The number of unbranched alkanes of at least 4 members (excludes halogenated alkanes) is 2. The van der Waals surface area contributed by atoms with Crippen molar-refractivity contribution in [3.63, 3.8) is 0 Å². The molecule has 0 aliphatic heterocycles. The molecule has 0 saturated heterocycles.